The summed E-state index contributed by atoms with van der Waals surface area (Å²) in [5, 5.41) is 16.3. The molecule has 1 atom stereocenters. The minimum atomic E-state index is -0.425. The second kappa shape index (κ2) is 6.32. The number of rotatable bonds is 5. The van der Waals surface area contributed by atoms with Crippen LogP contribution in [0.2, 0.25) is 0 Å². The summed E-state index contributed by atoms with van der Waals surface area (Å²) in [5.41, 5.74) is -0.0263. The Morgan fingerprint density at radius 3 is 2.80 bits per heavy atom. The van der Waals surface area contributed by atoms with E-state index in [0.29, 0.717) is 16.2 Å². The molecule has 0 aromatic carbocycles. The summed E-state index contributed by atoms with van der Waals surface area (Å²) < 4.78 is 0.590. The van der Waals surface area contributed by atoms with Gasteiger partial charge < -0.3 is 5.32 Å². The largest absolute Gasteiger partial charge is 0.356 e. The molecule has 2 aromatic heterocycles. The van der Waals surface area contributed by atoms with Crippen LogP contribution in [0.3, 0.4) is 0 Å². The van der Waals surface area contributed by atoms with Crippen LogP contribution < -0.4 is 5.32 Å². The van der Waals surface area contributed by atoms with Gasteiger partial charge in [-0.05, 0) is 33.3 Å². The molecule has 0 bridgehead atoms. The topological polar surface area (TPSA) is 68.1 Å². The molecule has 2 heterocycles. The zero-order valence-corrected chi connectivity index (χ0v) is 13.4. The average Bonchev–Trinajstić information content (AvgIpc) is 2.90. The Bertz CT molecular complexity index is 602. The summed E-state index contributed by atoms with van der Waals surface area (Å²) in [6.07, 6.45) is 1.56. The Balaban J connectivity index is 2.34. The molecule has 0 aliphatic carbocycles. The van der Waals surface area contributed by atoms with Crippen molar-refractivity contribution >= 4 is 38.8 Å². The maximum atomic E-state index is 11.1. The zero-order chi connectivity index (χ0) is 14.7. The van der Waals surface area contributed by atoms with Gasteiger partial charge in [0.05, 0.1) is 11.0 Å². The van der Waals surface area contributed by atoms with Crippen LogP contribution in [0.4, 0.5) is 11.5 Å². The lowest BCUT2D eigenvalue weighted by Gasteiger charge is -2.21. The van der Waals surface area contributed by atoms with Gasteiger partial charge in [-0.25, -0.2) is 4.98 Å². The van der Waals surface area contributed by atoms with Gasteiger partial charge in [0.2, 0.25) is 5.82 Å². The number of anilines is 1. The number of hydrogen-bond acceptors (Lipinski definition) is 5. The summed E-state index contributed by atoms with van der Waals surface area (Å²) in [6, 6.07) is 5.46. The summed E-state index contributed by atoms with van der Waals surface area (Å²) >= 11 is 4.83. The third-order valence-corrected chi connectivity index (χ3v) is 4.23. The molecule has 5 nitrogen and oxygen atoms in total. The number of thiophene rings is 1. The number of halogens is 1. The monoisotopic (exact) mass is 355 g/mol. The van der Waals surface area contributed by atoms with E-state index >= 15 is 0 Å². The molecule has 20 heavy (non-hydrogen) atoms. The minimum Gasteiger partial charge on any atom is -0.356 e. The fourth-order valence-corrected chi connectivity index (χ4v) is 3.13. The van der Waals surface area contributed by atoms with Crippen LogP contribution in [0.1, 0.15) is 24.8 Å². The fourth-order valence-electron chi connectivity index (χ4n) is 1.86. The van der Waals surface area contributed by atoms with E-state index in [1.165, 1.54) is 6.07 Å². The van der Waals surface area contributed by atoms with E-state index in [-0.39, 0.29) is 11.7 Å². The molecule has 0 saturated carbocycles. The van der Waals surface area contributed by atoms with E-state index in [2.05, 4.69) is 40.1 Å². The van der Waals surface area contributed by atoms with Crippen LogP contribution in [0.5, 0.6) is 0 Å². The van der Waals surface area contributed by atoms with Crippen molar-refractivity contribution in [3.05, 3.63) is 49.2 Å². The standard InChI is InChI=1S/C13H14BrN3O2S/c1-8(2)12(11-4-3-5-20-11)16-13-10(17(18)19)6-9(14)7-15-13/h3-8,12H,1-2H3,(H,15,16). The van der Waals surface area contributed by atoms with Gasteiger partial charge in [-0.1, -0.05) is 19.9 Å². The Labute approximate surface area is 129 Å². The van der Waals surface area contributed by atoms with Crippen molar-refractivity contribution in [1.29, 1.82) is 0 Å². The second-order valence-electron chi connectivity index (χ2n) is 4.66. The molecule has 0 radical (unpaired) electrons. The first kappa shape index (κ1) is 14.9. The van der Waals surface area contributed by atoms with Crippen LogP contribution in [0.25, 0.3) is 0 Å². The second-order valence-corrected chi connectivity index (χ2v) is 6.55. The number of nitro groups is 1. The normalized spacial score (nSPS) is 12.4. The molecular formula is C13H14BrN3O2S. The highest BCUT2D eigenvalue weighted by Gasteiger charge is 2.22. The van der Waals surface area contributed by atoms with Crippen molar-refractivity contribution < 1.29 is 4.92 Å². The highest BCUT2D eigenvalue weighted by Crippen LogP contribution is 2.33. The van der Waals surface area contributed by atoms with E-state index in [9.17, 15) is 10.1 Å². The smallest absolute Gasteiger partial charge is 0.312 e. The fraction of sp³-hybridized carbons (Fsp3) is 0.308. The lowest BCUT2D eigenvalue weighted by Crippen LogP contribution is -2.17. The van der Waals surface area contributed by atoms with Crippen LogP contribution in [0, 0.1) is 16.0 Å². The molecule has 2 aromatic rings. The first-order valence-electron chi connectivity index (χ1n) is 6.09. The third-order valence-electron chi connectivity index (χ3n) is 2.84. The van der Waals surface area contributed by atoms with Crippen molar-refractivity contribution in [2.45, 2.75) is 19.9 Å². The molecule has 0 amide bonds. The minimum absolute atomic E-state index is 0.00220. The van der Waals surface area contributed by atoms with Crippen molar-refractivity contribution in [3.8, 4) is 0 Å². The van der Waals surface area contributed by atoms with Gasteiger partial charge in [0, 0.05) is 21.6 Å². The van der Waals surface area contributed by atoms with Gasteiger partial charge >= 0.3 is 5.69 Å². The lowest BCUT2D eigenvalue weighted by molar-refractivity contribution is -0.384. The molecule has 0 aliphatic rings. The van der Waals surface area contributed by atoms with Crippen LogP contribution in [-0.4, -0.2) is 9.91 Å². The van der Waals surface area contributed by atoms with Gasteiger partial charge in [0.25, 0.3) is 0 Å². The quantitative estimate of drug-likeness (QED) is 0.627. The molecular weight excluding hydrogens is 342 g/mol. The van der Waals surface area contributed by atoms with Gasteiger partial charge in [-0.2, -0.15) is 0 Å². The molecule has 1 N–H and O–H groups in total. The Kier molecular flexibility index (Phi) is 4.72. The SMILES string of the molecule is CC(C)C(Nc1ncc(Br)cc1[N+](=O)[O-])c1cccs1. The number of hydrogen-bond donors (Lipinski definition) is 1. The molecule has 0 saturated heterocycles. The maximum Gasteiger partial charge on any atom is 0.312 e. The highest BCUT2D eigenvalue weighted by atomic mass is 79.9. The Morgan fingerprint density at radius 2 is 2.25 bits per heavy atom. The van der Waals surface area contributed by atoms with E-state index in [0.717, 1.165) is 4.88 Å². The van der Waals surface area contributed by atoms with Crippen LogP contribution in [-0.2, 0) is 0 Å². The first-order chi connectivity index (χ1) is 9.49. The summed E-state index contributed by atoms with van der Waals surface area (Å²) in [6.45, 7) is 4.14. The zero-order valence-electron chi connectivity index (χ0n) is 11.0. The summed E-state index contributed by atoms with van der Waals surface area (Å²) in [5.74, 6) is 0.587. The molecule has 0 spiro atoms. The Hall–Kier alpha value is -1.47. The van der Waals surface area contributed by atoms with E-state index in [1.807, 2.05) is 17.5 Å². The lowest BCUT2D eigenvalue weighted by atomic mass is 10.0. The van der Waals surface area contributed by atoms with Crippen LogP contribution in [0.15, 0.2) is 34.2 Å². The molecule has 106 valence electrons. The summed E-state index contributed by atoms with van der Waals surface area (Å²) in [7, 11) is 0. The predicted molar refractivity (Wildman–Crippen MR) is 84.1 cm³/mol. The van der Waals surface area contributed by atoms with Crippen LogP contribution >= 0.6 is 27.3 Å². The van der Waals surface area contributed by atoms with E-state index < -0.39 is 4.92 Å². The van der Waals surface area contributed by atoms with Crippen molar-refractivity contribution in [2.75, 3.05) is 5.32 Å². The van der Waals surface area contributed by atoms with Gasteiger partial charge in [0.15, 0.2) is 0 Å². The number of pyridine rings is 1. The third kappa shape index (κ3) is 3.34. The van der Waals surface area contributed by atoms with E-state index in [1.54, 1.807) is 17.5 Å². The molecule has 2 rings (SSSR count). The molecule has 0 aliphatic heterocycles. The summed E-state index contributed by atoms with van der Waals surface area (Å²) in [4.78, 5) is 16.0. The molecule has 0 fully saturated rings. The van der Waals surface area contributed by atoms with Crippen molar-refractivity contribution in [3.63, 3.8) is 0 Å². The van der Waals surface area contributed by atoms with Gasteiger partial charge in [0.1, 0.15) is 0 Å². The van der Waals surface area contributed by atoms with E-state index in [4.69, 9.17) is 0 Å². The van der Waals surface area contributed by atoms with Gasteiger partial charge in [-0.3, -0.25) is 10.1 Å². The number of nitrogens with one attached hydrogen (secondary N) is 1. The highest BCUT2D eigenvalue weighted by molar-refractivity contribution is 9.10. The molecule has 7 heteroatoms. The van der Waals surface area contributed by atoms with Crippen molar-refractivity contribution in [2.24, 2.45) is 5.92 Å². The van der Waals surface area contributed by atoms with Gasteiger partial charge in [-0.15, -0.1) is 11.3 Å². The number of nitrogens with zero attached hydrogens (tertiary/aromatic N) is 2. The first-order valence-corrected chi connectivity index (χ1v) is 7.76. The Morgan fingerprint density at radius 1 is 1.50 bits per heavy atom. The maximum absolute atomic E-state index is 11.1. The van der Waals surface area contributed by atoms with Crippen molar-refractivity contribution in [1.82, 2.24) is 4.98 Å². The molecule has 1 unspecified atom stereocenters. The predicted octanol–water partition coefficient (Wildman–Crippen LogP) is 4.62. The average molecular weight is 356 g/mol. The number of aromatic nitrogens is 1.